The number of nitrogens with zero attached hydrogens (tertiary/aromatic N) is 1. The largest absolute Gasteiger partial charge is 0.480 e. The summed E-state index contributed by atoms with van der Waals surface area (Å²) >= 11 is 5.44. The van der Waals surface area contributed by atoms with E-state index in [1.807, 2.05) is 36.6 Å². The van der Waals surface area contributed by atoms with Crippen LogP contribution in [0.4, 0.5) is 0 Å². The van der Waals surface area contributed by atoms with E-state index in [0.717, 1.165) is 5.56 Å². The lowest BCUT2D eigenvalue weighted by Gasteiger charge is -2.25. The molecule has 4 atom stereocenters. The van der Waals surface area contributed by atoms with Crippen molar-refractivity contribution >= 4 is 54.0 Å². The Balaban J connectivity index is 2.95. The molecule has 1 aromatic carbocycles. The molecular weight excluding hydrogens is 518 g/mol. The maximum absolute atomic E-state index is 13.2. The normalized spacial score (nSPS) is 13.9. The number of nitrogens with one attached hydrogen (secondary N) is 3. The summed E-state index contributed by atoms with van der Waals surface area (Å²) in [5, 5.41) is 16.9. The lowest BCUT2D eigenvalue weighted by atomic mass is 10.0. The van der Waals surface area contributed by atoms with Gasteiger partial charge in [-0.3, -0.25) is 19.4 Å². The van der Waals surface area contributed by atoms with Crippen molar-refractivity contribution in [1.29, 1.82) is 0 Å². The first-order valence-corrected chi connectivity index (χ1v) is 13.7. The molecule has 0 fully saturated rings. The molecule has 0 aliphatic heterocycles. The molecule has 4 unspecified atom stereocenters. The maximum Gasteiger partial charge on any atom is 0.327 e. The van der Waals surface area contributed by atoms with Gasteiger partial charge < -0.3 is 38.3 Å². The number of aliphatic carboxylic acids is 1. The van der Waals surface area contributed by atoms with Gasteiger partial charge in [-0.15, -0.1) is 0 Å². The fourth-order valence-corrected chi connectivity index (χ4v) is 3.97. The lowest BCUT2D eigenvalue weighted by Crippen LogP contribution is -2.57. The molecule has 0 spiro atoms. The summed E-state index contributed by atoms with van der Waals surface area (Å²) in [6, 6.07) is 5.10. The fraction of sp³-hybridized carbons (Fsp3) is 0.522. The number of carbonyl (C=O) groups is 4. The minimum atomic E-state index is -1.26. The summed E-state index contributed by atoms with van der Waals surface area (Å²) in [6.07, 6.45) is 2.91. The third kappa shape index (κ3) is 12.7. The van der Waals surface area contributed by atoms with Crippen LogP contribution in [-0.4, -0.2) is 83.2 Å². The number of aliphatic imine (C=N–C) groups is 1. The summed E-state index contributed by atoms with van der Waals surface area (Å²) in [4.78, 5) is 53.9. The Kier molecular flexibility index (Phi) is 15.1. The second-order valence-corrected chi connectivity index (χ2v) is 9.58. The molecule has 0 saturated heterocycles. The van der Waals surface area contributed by atoms with Crippen molar-refractivity contribution in [1.82, 2.24) is 16.0 Å². The predicted octanol–water partition coefficient (Wildman–Crippen LogP) is -1.17. The van der Waals surface area contributed by atoms with Crippen molar-refractivity contribution in [3.8, 4) is 0 Å². The molecule has 10 N–H and O–H groups in total. The first kappa shape index (κ1) is 32.1. The average Bonchev–Trinajstić information content (AvgIpc) is 2.86. The molecule has 12 nitrogen and oxygen atoms in total. The highest BCUT2D eigenvalue weighted by molar-refractivity contribution is 7.98. The molecule has 0 aromatic heterocycles. The molecule has 3 amide bonds. The molecule has 0 saturated carbocycles. The van der Waals surface area contributed by atoms with Crippen LogP contribution in [0.2, 0.25) is 0 Å². The Labute approximate surface area is 226 Å². The van der Waals surface area contributed by atoms with E-state index >= 15 is 0 Å². The van der Waals surface area contributed by atoms with E-state index in [2.05, 4.69) is 33.6 Å². The van der Waals surface area contributed by atoms with E-state index in [0.29, 0.717) is 25.0 Å². The molecule has 1 aromatic rings. The monoisotopic (exact) mass is 555 g/mol. The van der Waals surface area contributed by atoms with Crippen LogP contribution in [0, 0.1) is 0 Å². The van der Waals surface area contributed by atoms with Gasteiger partial charge in [0, 0.05) is 12.3 Å². The summed E-state index contributed by atoms with van der Waals surface area (Å²) in [7, 11) is 0. The van der Waals surface area contributed by atoms with Crippen molar-refractivity contribution in [2.24, 2.45) is 22.2 Å². The number of benzene rings is 1. The zero-order valence-corrected chi connectivity index (χ0v) is 22.5. The molecule has 0 aliphatic rings. The Morgan fingerprint density at radius 1 is 0.973 bits per heavy atom. The number of carboxylic acids is 1. The zero-order valence-electron chi connectivity index (χ0n) is 20.8. The van der Waals surface area contributed by atoms with Gasteiger partial charge in [0.25, 0.3) is 0 Å². The van der Waals surface area contributed by atoms with Crippen LogP contribution in [0.3, 0.4) is 0 Å². The van der Waals surface area contributed by atoms with Crippen LogP contribution in [0.5, 0.6) is 0 Å². The van der Waals surface area contributed by atoms with Crippen LogP contribution in [0.25, 0.3) is 0 Å². The molecule has 14 heteroatoms. The average molecular weight is 556 g/mol. The number of thiol groups is 1. The number of thioether (sulfide) groups is 1. The number of hydrogen-bond donors (Lipinski definition) is 8. The Hall–Kier alpha value is -2.97. The van der Waals surface area contributed by atoms with Crippen LogP contribution in [-0.2, 0) is 25.6 Å². The van der Waals surface area contributed by atoms with E-state index in [4.69, 9.17) is 17.2 Å². The summed E-state index contributed by atoms with van der Waals surface area (Å²) in [6.45, 7) is 0.206. The van der Waals surface area contributed by atoms with E-state index < -0.39 is 47.9 Å². The molecule has 0 aliphatic carbocycles. The summed E-state index contributed by atoms with van der Waals surface area (Å²) < 4.78 is 0. The maximum atomic E-state index is 13.2. The van der Waals surface area contributed by atoms with Gasteiger partial charge in [-0.25, -0.2) is 4.79 Å². The SMILES string of the molecule is CSCCC(NC(=O)C(N)Cc1ccccc1)C(=O)NC(CCCN=C(N)N)C(=O)NC(CS)C(=O)O. The van der Waals surface area contributed by atoms with Gasteiger partial charge in [-0.1, -0.05) is 30.3 Å². The minimum Gasteiger partial charge on any atom is -0.480 e. The van der Waals surface area contributed by atoms with Crippen molar-refractivity contribution in [2.45, 2.75) is 49.9 Å². The van der Waals surface area contributed by atoms with Gasteiger partial charge in [0.2, 0.25) is 17.7 Å². The number of nitrogens with two attached hydrogens (primary N) is 3. The van der Waals surface area contributed by atoms with Crippen molar-refractivity contribution in [3.63, 3.8) is 0 Å². The first-order valence-electron chi connectivity index (χ1n) is 11.7. The topological polar surface area (TPSA) is 215 Å². The van der Waals surface area contributed by atoms with E-state index in [-0.39, 0.29) is 24.7 Å². The Morgan fingerprint density at radius 2 is 1.54 bits per heavy atom. The minimum absolute atomic E-state index is 0.113. The molecule has 0 radical (unpaired) electrons. The molecule has 206 valence electrons. The van der Waals surface area contributed by atoms with Gasteiger partial charge in [0.1, 0.15) is 18.1 Å². The summed E-state index contributed by atoms with van der Waals surface area (Å²) in [5.41, 5.74) is 17.6. The third-order valence-electron chi connectivity index (χ3n) is 5.25. The van der Waals surface area contributed by atoms with Crippen LogP contribution in [0.15, 0.2) is 35.3 Å². The lowest BCUT2D eigenvalue weighted by molar-refractivity contribution is -0.141. The van der Waals surface area contributed by atoms with Crippen LogP contribution >= 0.6 is 24.4 Å². The van der Waals surface area contributed by atoms with Gasteiger partial charge in [-0.05, 0) is 43.3 Å². The number of carbonyl (C=O) groups excluding carboxylic acids is 3. The number of guanidine groups is 1. The van der Waals surface area contributed by atoms with Gasteiger partial charge >= 0.3 is 5.97 Å². The Bertz CT molecular complexity index is 916. The third-order valence-corrected chi connectivity index (χ3v) is 6.26. The standard InChI is InChI=1S/C23H37N7O5S2/c1-37-11-9-17(28-19(31)15(24)12-14-6-3-2-4-7-14)21(33)29-16(8-5-10-27-23(25)26)20(32)30-18(13-36)22(34)35/h2-4,6-7,15-18,36H,5,8-13,24H2,1H3,(H,28,31)(H,29,33)(H,30,32)(H,34,35)(H4,25,26,27). The molecule has 0 heterocycles. The first-order chi connectivity index (χ1) is 17.6. The second-order valence-electron chi connectivity index (χ2n) is 8.23. The van der Waals surface area contributed by atoms with Crippen molar-refractivity contribution < 1.29 is 24.3 Å². The Morgan fingerprint density at radius 3 is 2.08 bits per heavy atom. The zero-order chi connectivity index (χ0) is 27.8. The van der Waals surface area contributed by atoms with E-state index in [1.165, 1.54) is 11.8 Å². The molecular formula is C23H37N7O5S2. The number of amides is 3. The smallest absolute Gasteiger partial charge is 0.327 e. The number of carboxylic acid groups (broad SMARTS) is 1. The number of hydrogen-bond acceptors (Lipinski definition) is 8. The van der Waals surface area contributed by atoms with E-state index in [1.54, 1.807) is 0 Å². The van der Waals surface area contributed by atoms with Gasteiger partial charge in [0.15, 0.2) is 5.96 Å². The van der Waals surface area contributed by atoms with Crippen molar-refractivity contribution in [2.75, 3.05) is 24.3 Å². The number of rotatable bonds is 17. The predicted molar refractivity (Wildman–Crippen MR) is 148 cm³/mol. The quantitative estimate of drug-likeness (QED) is 0.0502. The van der Waals surface area contributed by atoms with Crippen molar-refractivity contribution in [3.05, 3.63) is 35.9 Å². The highest BCUT2D eigenvalue weighted by atomic mass is 32.2. The highest BCUT2D eigenvalue weighted by Crippen LogP contribution is 2.07. The highest BCUT2D eigenvalue weighted by Gasteiger charge is 2.29. The van der Waals surface area contributed by atoms with E-state index in [9.17, 15) is 24.3 Å². The van der Waals surface area contributed by atoms with Gasteiger partial charge in [-0.2, -0.15) is 24.4 Å². The molecule has 1 rings (SSSR count). The second kappa shape index (κ2) is 17.5. The van der Waals surface area contributed by atoms with Gasteiger partial charge in [0.05, 0.1) is 6.04 Å². The molecule has 0 bridgehead atoms. The fourth-order valence-electron chi connectivity index (χ4n) is 3.25. The summed E-state index contributed by atoms with van der Waals surface area (Å²) in [5.74, 6) is -2.73. The molecule has 37 heavy (non-hydrogen) atoms. The van der Waals surface area contributed by atoms with Crippen LogP contribution < -0.4 is 33.2 Å². The van der Waals surface area contributed by atoms with Crippen LogP contribution in [0.1, 0.15) is 24.8 Å².